The topological polar surface area (TPSA) is 74.7 Å². The maximum absolute atomic E-state index is 12.7. The summed E-state index contributed by atoms with van der Waals surface area (Å²) in [6, 6.07) is 1.68. The van der Waals surface area contributed by atoms with Crippen molar-refractivity contribution in [1.82, 2.24) is 4.98 Å². The van der Waals surface area contributed by atoms with Crippen molar-refractivity contribution in [3.05, 3.63) is 22.9 Å². The van der Waals surface area contributed by atoms with Crippen LogP contribution in [0, 0.1) is 0 Å². The second-order valence-electron chi connectivity index (χ2n) is 4.93. The minimum Gasteiger partial charge on any atom is -0.409 e. The molecule has 21 heavy (non-hydrogen) atoms. The first-order valence-electron chi connectivity index (χ1n) is 6.68. The molecule has 0 fully saturated rings. The van der Waals surface area contributed by atoms with Gasteiger partial charge < -0.3 is 15.8 Å². The third kappa shape index (κ3) is 3.37. The van der Waals surface area contributed by atoms with Crippen LogP contribution in [-0.2, 0) is 12.8 Å². The van der Waals surface area contributed by atoms with Crippen LogP contribution in [0.15, 0.2) is 11.2 Å². The molecular weight excluding hydrogens is 285 g/mol. The molecule has 0 aromatic carbocycles. The van der Waals surface area contributed by atoms with Gasteiger partial charge in [0, 0.05) is 12.2 Å². The van der Waals surface area contributed by atoms with Crippen LogP contribution >= 0.6 is 0 Å². The van der Waals surface area contributed by atoms with Gasteiger partial charge in [-0.15, -0.1) is 0 Å². The number of alkyl halides is 3. The van der Waals surface area contributed by atoms with Gasteiger partial charge in [-0.05, 0) is 37.8 Å². The van der Waals surface area contributed by atoms with E-state index in [1.54, 1.807) is 13.0 Å². The van der Waals surface area contributed by atoms with Gasteiger partial charge in [-0.25, -0.2) is 4.98 Å². The molecule has 0 bridgehead atoms. The number of halogens is 3. The molecule has 0 unspecified atom stereocenters. The fraction of sp³-hybridized carbons (Fsp3) is 0.538. The smallest absolute Gasteiger partial charge is 0.405 e. The third-order valence-corrected chi connectivity index (χ3v) is 3.47. The molecule has 0 spiro atoms. The van der Waals surface area contributed by atoms with E-state index in [2.05, 4.69) is 10.1 Å². The lowest BCUT2D eigenvalue weighted by molar-refractivity contribution is -0.119. The molecule has 116 valence electrons. The first kappa shape index (κ1) is 15.4. The Kier molecular flexibility index (Phi) is 4.24. The normalized spacial score (nSPS) is 15.1. The van der Waals surface area contributed by atoms with E-state index in [1.807, 2.05) is 0 Å². The summed E-state index contributed by atoms with van der Waals surface area (Å²) in [5.74, 6) is -0.112. The van der Waals surface area contributed by atoms with Gasteiger partial charge in [0.2, 0.25) is 0 Å². The van der Waals surface area contributed by atoms with Crippen LogP contribution < -0.4 is 10.6 Å². The summed E-state index contributed by atoms with van der Waals surface area (Å²) in [5.41, 5.74) is 7.58. The van der Waals surface area contributed by atoms with Crippen molar-refractivity contribution in [2.24, 2.45) is 10.9 Å². The molecule has 0 saturated carbocycles. The van der Waals surface area contributed by atoms with Crippen molar-refractivity contribution in [3.8, 4) is 0 Å². The maximum atomic E-state index is 12.7. The summed E-state index contributed by atoms with van der Waals surface area (Å²) >= 11 is 0. The number of fused-ring (bicyclic) bond motifs is 1. The predicted molar refractivity (Wildman–Crippen MR) is 72.7 cm³/mol. The van der Waals surface area contributed by atoms with E-state index in [0.29, 0.717) is 0 Å². The molecule has 8 heteroatoms. The number of hydrogen-bond donors (Lipinski definition) is 2. The number of aryl methyl sites for hydroxylation is 2. The van der Waals surface area contributed by atoms with Gasteiger partial charge in [-0.1, -0.05) is 5.16 Å². The molecule has 0 atom stereocenters. The molecule has 0 saturated heterocycles. The standard InChI is InChI=1S/C13H17F3N4O/c1-2-20(7-13(14,15)16)12-9(11(17)19-21)6-8-4-3-5-10(8)18-12/h6,21H,2-5,7H2,1H3,(H2,17,19). The number of nitrogens with two attached hydrogens (primary N) is 1. The second-order valence-corrected chi connectivity index (χ2v) is 4.93. The molecule has 1 aliphatic rings. The first-order chi connectivity index (χ1) is 9.85. The Bertz CT molecular complexity index is 557. The minimum atomic E-state index is -4.35. The number of anilines is 1. The first-order valence-corrected chi connectivity index (χ1v) is 6.68. The van der Waals surface area contributed by atoms with Gasteiger partial charge >= 0.3 is 6.18 Å². The van der Waals surface area contributed by atoms with Crippen LogP contribution in [0.1, 0.15) is 30.2 Å². The van der Waals surface area contributed by atoms with Crippen LogP contribution in [0.4, 0.5) is 19.0 Å². The third-order valence-electron chi connectivity index (χ3n) is 3.47. The quantitative estimate of drug-likeness (QED) is 0.386. The molecular formula is C13H17F3N4O. The van der Waals surface area contributed by atoms with E-state index in [0.717, 1.165) is 35.4 Å². The average molecular weight is 302 g/mol. The largest absolute Gasteiger partial charge is 0.409 e. The maximum Gasteiger partial charge on any atom is 0.405 e. The average Bonchev–Trinajstić information content (AvgIpc) is 2.88. The highest BCUT2D eigenvalue weighted by Gasteiger charge is 2.32. The van der Waals surface area contributed by atoms with E-state index in [1.165, 1.54) is 0 Å². The van der Waals surface area contributed by atoms with Crippen LogP contribution in [0.25, 0.3) is 0 Å². The Morgan fingerprint density at radius 3 is 2.76 bits per heavy atom. The van der Waals surface area contributed by atoms with Crippen molar-refractivity contribution < 1.29 is 18.4 Å². The van der Waals surface area contributed by atoms with Crippen molar-refractivity contribution in [3.63, 3.8) is 0 Å². The summed E-state index contributed by atoms with van der Waals surface area (Å²) in [7, 11) is 0. The molecule has 1 aromatic heterocycles. The Morgan fingerprint density at radius 2 is 2.19 bits per heavy atom. The Morgan fingerprint density at radius 1 is 1.48 bits per heavy atom. The molecule has 1 aromatic rings. The lowest BCUT2D eigenvalue weighted by atomic mass is 10.1. The summed E-state index contributed by atoms with van der Waals surface area (Å²) in [6.07, 6.45) is -1.89. The van der Waals surface area contributed by atoms with Crippen molar-refractivity contribution >= 4 is 11.7 Å². The molecule has 1 aliphatic carbocycles. The zero-order chi connectivity index (χ0) is 15.6. The van der Waals surface area contributed by atoms with E-state index < -0.39 is 12.7 Å². The van der Waals surface area contributed by atoms with Crippen molar-refractivity contribution in [2.75, 3.05) is 18.0 Å². The number of amidine groups is 1. The second kappa shape index (κ2) is 5.79. The molecule has 5 nitrogen and oxygen atoms in total. The molecule has 0 amide bonds. The fourth-order valence-electron chi connectivity index (χ4n) is 2.50. The van der Waals surface area contributed by atoms with E-state index in [-0.39, 0.29) is 23.8 Å². The molecule has 3 N–H and O–H groups in total. The van der Waals surface area contributed by atoms with Gasteiger partial charge in [0.25, 0.3) is 0 Å². The highest BCUT2D eigenvalue weighted by molar-refractivity contribution is 6.01. The van der Waals surface area contributed by atoms with Gasteiger partial charge in [-0.2, -0.15) is 13.2 Å². The summed E-state index contributed by atoms with van der Waals surface area (Å²) in [5, 5.41) is 11.7. The monoisotopic (exact) mass is 302 g/mol. The number of pyridine rings is 1. The predicted octanol–water partition coefficient (Wildman–Crippen LogP) is 2.05. The summed E-state index contributed by atoms with van der Waals surface area (Å²) in [6.45, 7) is 0.606. The lowest BCUT2D eigenvalue weighted by Crippen LogP contribution is -2.36. The molecule has 2 rings (SSSR count). The van der Waals surface area contributed by atoms with Crippen LogP contribution in [0.5, 0.6) is 0 Å². The fourth-order valence-corrected chi connectivity index (χ4v) is 2.50. The SMILES string of the molecule is CCN(CC(F)(F)F)c1nc2c(cc1C(N)=NO)CCC2. The number of rotatable bonds is 4. The molecule has 1 heterocycles. The zero-order valence-corrected chi connectivity index (χ0v) is 11.6. The minimum absolute atomic E-state index is 0.116. The summed E-state index contributed by atoms with van der Waals surface area (Å²) < 4.78 is 38.1. The van der Waals surface area contributed by atoms with Gasteiger partial charge in [-0.3, -0.25) is 0 Å². The van der Waals surface area contributed by atoms with E-state index in [4.69, 9.17) is 10.9 Å². The molecule has 0 radical (unpaired) electrons. The zero-order valence-electron chi connectivity index (χ0n) is 11.6. The number of oxime groups is 1. The van der Waals surface area contributed by atoms with E-state index >= 15 is 0 Å². The summed E-state index contributed by atoms with van der Waals surface area (Å²) in [4.78, 5) is 5.42. The van der Waals surface area contributed by atoms with Gasteiger partial charge in [0.15, 0.2) is 5.84 Å². The molecule has 0 aliphatic heterocycles. The Balaban J connectivity index is 2.49. The highest BCUT2D eigenvalue weighted by atomic mass is 19.4. The number of aromatic nitrogens is 1. The van der Waals surface area contributed by atoms with Crippen LogP contribution in [-0.4, -0.2) is 35.3 Å². The van der Waals surface area contributed by atoms with Crippen molar-refractivity contribution in [2.45, 2.75) is 32.4 Å². The van der Waals surface area contributed by atoms with Crippen LogP contribution in [0.3, 0.4) is 0 Å². The Hall–Kier alpha value is -1.99. The highest BCUT2D eigenvalue weighted by Crippen LogP contribution is 2.29. The van der Waals surface area contributed by atoms with Crippen molar-refractivity contribution in [1.29, 1.82) is 0 Å². The van der Waals surface area contributed by atoms with Gasteiger partial charge in [0.1, 0.15) is 12.4 Å². The number of hydrogen-bond acceptors (Lipinski definition) is 4. The lowest BCUT2D eigenvalue weighted by Gasteiger charge is -2.26. The Labute approximate surface area is 120 Å². The number of nitrogens with zero attached hydrogens (tertiary/aromatic N) is 3. The van der Waals surface area contributed by atoms with Gasteiger partial charge in [0.05, 0.1) is 5.56 Å². The van der Waals surface area contributed by atoms with Crippen LogP contribution in [0.2, 0.25) is 0 Å². The van der Waals surface area contributed by atoms with E-state index in [9.17, 15) is 13.2 Å².